The molecule has 0 saturated carbocycles. The highest BCUT2D eigenvalue weighted by Gasteiger charge is 2.18. The van der Waals surface area contributed by atoms with Gasteiger partial charge in [-0.25, -0.2) is 4.39 Å². The molecular weight excluding hydrogens is 235 g/mol. The first kappa shape index (κ1) is 14.4. The van der Waals surface area contributed by atoms with Crippen molar-refractivity contribution < 1.29 is 14.3 Å². The van der Waals surface area contributed by atoms with Gasteiger partial charge < -0.3 is 15.7 Å². The van der Waals surface area contributed by atoms with Crippen molar-refractivity contribution in [2.45, 2.75) is 20.5 Å². The molecule has 0 fully saturated rings. The number of carbonyl (C=O) groups is 1. The molecule has 0 aliphatic rings. The number of hydrogen-bond donors (Lipinski definition) is 2. The topological polar surface area (TPSA) is 66.6 Å². The molecule has 0 aliphatic carbocycles. The second-order valence-corrected chi connectivity index (χ2v) is 4.65. The first-order valence-corrected chi connectivity index (χ1v) is 5.87. The van der Waals surface area contributed by atoms with Crippen LogP contribution in [-0.2, 0) is 11.4 Å². The largest absolute Gasteiger partial charge is 0.392 e. The lowest BCUT2D eigenvalue weighted by atomic mass is 10.1. The van der Waals surface area contributed by atoms with Crippen LogP contribution in [0, 0.1) is 11.7 Å². The van der Waals surface area contributed by atoms with Crippen molar-refractivity contribution >= 4 is 11.6 Å². The van der Waals surface area contributed by atoms with Crippen LogP contribution in [0.4, 0.5) is 10.1 Å². The van der Waals surface area contributed by atoms with Crippen molar-refractivity contribution in [3.05, 3.63) is 29.6 Å². The Labute approximate surface area is 106 Å². The zero-order chi connectivity index (χ0) is 13.7. The van der Waals surface area contributed by atoms with Gasteiger partial charge in [0, 0.05) is 12.1 Å². The van der Waals surface area contributed by atoms with Crippen LogP contribution in [0.25, 0.3) is 0 Å². The van der Waals surface area contributed by atoms with Crippen molar-refractivity contribution in [2.75, 3.05) is 18.0 Å². The molecule has 5 heteroatoms. The Bertz CT molecular complexity index is 421. The first-order valence-electron chi connectivity index (χ1n) is 5.87. The second-order valence-electron chi connectivity index (χ2n) is 4.65. The number of nitrogens with zero attached hydrogens (tertiary/aromatic N) is 1. The van der Waals surface area contributed by atoms with Crippen LogP contribution in [0.5, 0.6) is 0 Å². The normalized spacial score (nSPS) is 10.7. The molecule has 18 heavy (non-hydrogen) atoms. The number of benzene rings is 1. The van der Waals surface area contributed by atoms with E-state index in [4.69, 9.17) is 5.73 Å². The van der Waals surface area contributed by atoms with Gasteiger partial charge in [0.05, 0.1) is 18.8 Å². The van der Waals surface area contributed by atoms with E-state index in [1.54, 1.807) is 11.0 Å². The molecule has 100 valence electrons. The molecule has 0 spiro atoms. The van der Waals surface area contributed by atoms with E-state index in [1.807, 2.05) is 13.8 Å². The zero-order valence-electron chi connectivity index (χ0n) is 10.7. The summed E-state index contributed by atoms with van der Waals surface area (Å²) in [4.78, 5) is 12.6. The first-order chi connectivity index (χ1) is 8.45. The molecule has 3 N–H and O–H groups in total. The molecule has 0 unspecified atom stereocenters. The minimum absolute atomic E-state index is 0.0634. The zero-order valence-corrected chi connectivity index (χ0v) is 10.7. The molecular formula is C13H19FN2O2. The molecule has 0 saturated heterocycles. The monoisotopic (exact) mass is 254 g/mol. The van der Waals surface area contributed by atoms with Crippen LogP contribution in [0.3, 0.4) is 0 Å². The summed E-state index contributed by atoms with van der Waals surface area (Å²) in [6, 6.07) is 4.47. The minimum atomic E-state index is -0.525. The Hall–Kier alpha value is -1.62. The summed E-state index contributed by atoms with van der Waals surface area (Å²) in [6.07, 6.45) is 0. The number of nitrogens with two attached hydrogens (primary N) is 1. The van der Waals surface area contributed by atoms with Crippen LogP contribution in [0.15, 0.2) is 18.2 Å². The maximum Gasteiger partial charge on any atom is 0.236 e. The standard InChI is InChI=1S/C13H19FN2O2/c1-9(2)6-16(7-12(15)18)13-10(8-17)4-3-5-11(13)14/h3-5,9,17H,6-8H2,1-2H3,(H2,15,18). The summed E-state index contributed by atoms with van der Waals surface area (Å²) in [5.41, 5.74) is 5.89. The molecule has 0 atom stereocenters. The predicted octanol–water partition coefficient (Wildman–Crippen LogP) is 1.27. The number of rotatable bonds is 6. The average molecular weight is 254 g/mol. The Kier molecular flexibility index (Phi) is 5.09. The van der Waals surface area contributed by atoms with Crippen molar-refractivity contribution in [3.8, 4) is 0 Å². The van der Waals surface area contributed by atoms with E-state index in [2.05, 4.69) is 0 Å². The molecule has 0 aromatic heterocycles. The van der Waals surface area contributed by atoms with Gasteiger partial charge in [0.25, 0.3) is 0 Å². The number of hydrogen-bond acceptors (Lipinski definition) is 3. The molecule has 0 heterocycles. The van der Waals surface area contributed by atoms with Gasteiger partial charge in [0.1, 0.15) is 5.82 Å². The maximum absolute atomic E-state index is 13.9. The highest BCUT2D eigenvalue weighted by atomic mass is 19.1. The van der Waals surface area contributed by atoms with Gasteiger partial charge in [-0.1, -0.05) is 26.0 Å². The average Bonchev–Trinajstić information content (AvgIpc) is 2.26. The van der Waals surface area contributed by atoms with Gasteiger partial charge in [-0.2, -0.15) is 0 Å². The van der Waals surface area contributed by atoms with Crippen LogP contribution in [0.1, 0.15) is 19.4 Å². The summed E-state index contributed by atoms with van der Waals surface area (Å²) in [5.74, 6) is -0.734. The summed E-state index contributed by atoms with van der Waals surface area (Å²) < 4.78 is 13.9. The summed E-state index contributed by atoms with van der Waals surface area (Å²) in [5, 5.41) is 9.25. The van der Waals surface area contributed by atoms with Crippen molar-refractivity contribution in [1.82, 2.24) is 0 Å². The smallest absolute Gasteiger partial charge is 0.236 e. The number of aliphatic hydroxyl groups excluding tert-OH is 1. The third-order valence-electron chi connectivity index (χ3n) is 2.49. The van der Waals surface area contributed by atoms with E-state index in [-0.39, 0.29) is 24.8 Å². The van der Waals surface area contributed by atoms with Crippen LogP contribution < -0.4 is 10.6 Å². The highest BCUT2D eigenvalue weighted by Crippen LogP contribution is 2.25. The third kappa shape index (κ3) is 3.70. The number of aliphatic hydroxyl groups is 1. The molecule has 1 aromatic rings. The highest BCUT2D eigenvalue weighted by molar-refractivity contribution is 5.80. The number of carbonyl (C=O) groups excluding carboxylic acids is 1. The molecule has 1 amide bonds. The number of halogens is 1. The lowest BCUT2D eigenvalue weighted by Gasteiger charge is -2.27. The Balaban J connectivity index is 3.14. The Morgan fingerprint density at radius 2 is 2.17 bits per heavy atom. The van der Waals surface area contributed by atoms with E-state index < -0.39 is 11.7 Å². The van der Waals surface area contributed by atoms with Crippen LogP contribution in [-0.4, -0.2) is 24.1 Å². The van der Waals surface area contributed by atoms with E-state index in [0.717, 1.165) is 0 Å². The lowest BCUT2D eigenvalue weighted by Crippen LogP contribution is -2.37. The molecule has 1 aromatic carbocycles. The molecule has 1 rings (SSSR count). The number of para-hydroxylation sites is 1. The fourth-order valence-electron chi connectivity index (χ4n) is 1.91. The van der Waals surface area contributed by atoms with Gasteiger partial charge in [0.15, 0.2) is 0 Å². The van der Waals surface area contributed by atoms with Crippen LogP contribution in [0.2, 0.25) is 0 Å². The summed E-state index contributed by atoms with van der Waals surface area (Å²) in [7, 11) is 0. The van der Waals surface area contributed by atoms with E-state index >= 15 is 0 Å². The summed E-state index contributed by atoms with van der Waals surface area (Å²) >= 11 is 0. The molecule has 0 radical (unpaired) electrons. The number of anilines is 1. The number of amides is 1. The van der Waals surface area contributed by atoms with E-state index in [1.165, 1.54) is 12.1 Å². The van der Waals surface area contributed by atoms with Gasteiger partial charge in [0.2, 0.25) is 5.91 Å². The van der Waals surface area contributed by atoms with Gasteiger partial charge in [-0.3, -0.25) is 4.79 Å². The van der Waals surface area contributed by atoms with Crippen molar-refractivity contribution in [3.63, 3.8) is 0 Å². The Morgan fingerprint density at radius 3 is 2.67 bits per heavy atom. The second kappa shape index (κ2) is 6.35. The van der Waals surface area contributed by atoms with Gasteiger partial charge in [-0.05, 0) is 12.0 Å². The maximum atomic E-state index is 13.9. The third-order valence-corrected chi connectivity index (χ3v) is 2.49. The Morgan fingerprint density at radius 1 is 1.50 bits per heavy atom. The van der Waals surface area contributed by atoms with Gasteiger partial charge in [-0.15, -0.1) is 0 Å². The quantitative estimate of drug-likeness (QED) is 0.803. The fraction of sp³-hybridized carbons (Fsp3) is 0.462. The van der Waals surface area contributed by atoms with Crippen LogP contribution >= 0.6 is 0 Å². The van der Waals surface area contributed by atoms with E-state index in [0.29, 0.717) is 12.1 Å². The van der Waals surface area contributed by atoms with Crippen molar-refractivity contribution in [1.29, 1.82) is 0 Å². The van der Waals surface area contributed by atoms with E-state index in [9.17, 15) is 14.3 Å². The van der Waals surface area contributed by atoms with Crippen molar-refractivity contribution in [2.24, 2.45) is 11.7 Å². The minimum Gasteiger partial charge on any atom is -0.392 e. The molecule has 4 nitrogen and oxygen atoms in total. The summed E-state index contributed by atoms with van der Waals surface area (Å²) in [6.45, 7) is 4.09. The molecule has 0 aliphatic heterocycles. The molecule has 0 bridgehead atoms. The number of primary amides is 1. The predicted molar refractivity (Wildman–Crippen MR) is 68.6 cm³/mol. The van der Waals surface area contributed by atoms with Gasteiger partial charge >= 0.3 is 0 Å². The fourth-order valence-corrected chi connectivity index (χ4v) is 1.91. The SMILES string of the molecule is CC(C)CN(CC(N)=O)c1c(F)cccc1CO. The lowest BCUT2D eigenvalue weighted by molar-refractivity contribution is -0.116.